The Balaban J connectivity index is 2.02. The highest BCUT2D eigenvalue weighted by Crippen LogP contribution is 2.36. The Morgan fingerprint density at radius 1 is 1.29 bits per heavy atom. The van der Waals surface area contributed by atoms with Crippen LogP contribution in [-0.4, -0.2) is 4.57 Å². The van der Waals surface area contributed by atoms with Gasteiger partial charge < -0.3 is 4.42 Å². The molecule has 0 saturated carbocycles. The van der Waals surface area contributed by atoms with Crippen LogP contribution >= 0.6 is 27.3 Å². The van der Waals surface area contributed by atoms with Crippen LogP contribution in [-0.2, 0) is 13.0 Å². The Bertz CT molecular complexity index is 830. The van der Waals surface area contributed by atoms with E-state index in [4.69, 9.17) is 4.42 Å². The van der Waals surface area contributed by atoms with Gasteiger partial charge in [0, 0.05) is 16.3 Å². The van der Waals surface area contributed by atoms with Gasteiger partial charge in [-0.05, 0) is 43.2 Å². The normalized spacial score (nSPS) is 12.9. The number of aromatic nitrogens is 1. The summed E-state index contributed by atoms with van der Waals surface area (Å²) in [6.45, 7) is 4.72. The number of oxazole rings is 1. The third-order valence-electron chi connectivity index (χ3n) is 3.58. The van der Waals surface area contributed by atoms with Gasteiger partial charge in [0.25, 0.3) is 0 Å². The Morgan fingerprint density at radius 3 is 2.76 bits per heavy atom. The number of aryl methyl sites for hydroxylation is 2. The Morgan fingerprint density at radius 2 is 2.10 bits per heavy atom. The molecule has 2 aromatic heterocycles. The van der Waals surface area contributed by atoms with E-state index in [1.54, 1.807) is 4.57 Å². The molecule has 0 amide bonds. The van der Waals surface area contributed by atoms with Gasteiger partial charge in [-0.3, -0.25) is 4.57 Å². The number of thiophene rings is 1. The first kappa shape index (κ1) is 14.6. The van der Waals surface area contributed by atoms with Crippen LogP contribution in [0.2, 0.25) is 0 Å². The van der Waals surface area contributed by atoms with Crippen LogP contribution in [0.25, 0.3) is 11.1 Å². The fourth-order valence-corrected chi connectivity index (χ4v) is 4.10. The highest BCUT2D eigenvalue weighted by Gasteiger charge is 2.15. The lowest BCUT2D eigenvalue weighted by Gasteiger charge is -2.08. The van der Waals surface area contributed by atoms with E-state index in [1.165, 1.54) is 9.75 Å². The van der Waals surface area contributed by atoms with Gasteiger partial charge >= 0.3 is 5.76 Å². The minimum atomic E-state index is -0.292. The second-order valence-corrected chi connectivity index (χ2v) is 6.98. The van der Waals surface area contributed by atoms with Gasteiger partial charge in [-0.2, -0.15) is 0 Å². The summed E-state index contributed by atoms with van der Waals surface area (Å²) in [5.74, 6) is -0.292. The lowest BCUT2D eigenvalue weighted by Crippen LogP contribution is -2.11. The second kappa shape index (κ2) is 5.81. The largest absolute Gasteiger partial charge is 0.419 e. The van der Waals surface area contributed by atoms with Crippen LogP contribution in [0, 0.1) is 0 Å². The predicted octanol–water partition coefficient (Wildman–Crippen LogP) is 4.72. The van der Waals surface area contributed by atoms with Crippen LogP contribution in [0.1, 0.15) is 34.0 Å². The number of hydrogen-bond acceptors (Lipinski definition) is 3. The van der Waals surface area contributed by atoms with Crippen molar-refractivity contribution in [3.8, 4) is 0 Å². The number of hydrogen-bond donors (Lipinski definition) is 0. The van der Waals surface area contributed by atoms with Gasteiger partial charge in [0.2, 0.25) is 0 Å². The van der Waals surface area contributed by atoms with Crippen molar-refractivity contribution >= 4 is 38.4 Å². The minimum Gasteiger partial charge on any atom is -0.408 e. The SMILES string of the molecule is CCc1ccc(C(Br)c2ccc3c(c2)oc(=O)n3CC)s1. The zero-order valence-electron chi connectivity index (χ0n) is 11.9. The lowest BCUT2D eigenvalue weighted by molar-refractivity contribution is 0.513. The molecule has 3 rings (SSSR count). The molecule has 0 aliphatic carbocycles. The average molecular weight is 366 g/mol. The predicted molar refractivity (Wildman–Crippen MR) is 90.6 cm³/mol. The summed E-state index contributed by atoms with van der Waals surface area (Å²) in [4.78, 5) is 14.5. The standard InChI is InChI=1S/C16H16BrNO2S/c1-3-11-6-8-14(21-11)15(17)10-5-7-12-13(9-10)20-16(19)18(12)4-2/h5-9,15H,3-4H2,1-2H3. The maximum Gasteiger partial charge on any atom is 0.419 e. The van der Waals surface area contributed by atoms with E-state index in [0.29, 0.717) is 12.1 Å². The molecule has 3 aromatic rings. The van der Waals surface area contributed by atoms with Crippen molar-refractivity contribution in [2.24, 2.45) is 0 Å². The molecule has 0 bridgehead atoms. The molecule has 21 heavy (non-hydrogen) atoms. The zero-order chi connectivity index (χ0) is 15.0. The molecular weight excluding hydrogens is 350 g/mol. The smallest absolute Gasteiger partial charge is 0.408 e. The van der Waals surface area contributed by atoms with Crippen LogP contribution in [0.4, 0.5) is 0 Å². The summed E-state index contributed by atoms with van der Waals surface area (Å²) in [6.07, 6.45) is 1.05. The number of halogens is 1. The van der Waals surface area contributed by atoms with Crippen molar-refractivity contribution in [2.75, 3.05) is 0 Å². The third-order valence-corrected chi connectivity index (χ3v) is 6.20. The van der Waals surface area contributed by atoms with Crippen LogP contribution in [0.3, 0.4) is 0 Å². The Hall–Kier alpha value is -1.33. The molecule has 1 atom stereocenters. The highest BCUT2D eigenvalue weighted by atomic mass is 79.9. The summed E-state index contributed by atoms with van der Waals surface area (Å²) in [7, 11) is 0. The summed E-state index contributed by atoms with van der Waals surface area (Å²) < 4.78 is 6.97. The molecule has 0 aliphatic heterocycles. The number of fused-ring (bicyclic) bond motifs is 1. The molecular formula is C16H16BrNO2S. The first-order valence-corrected chi connectivity index (χ1v) is 8.73. The minimum absolute atomic E-state index is 0.127. The van der Waals surface area contributed by atoms with E-state index in [9.17, 15) is 4.79 Å². The maximum absolute atomic E-state index is 11.7. The van der Waals surface area contributed by atoms with E-state index < -0.39 is 0 Å². The fourth-order valence-electron chi connectivity index (χ4n) is 2.43. The van der Waals surface area contributed by atoms with Crippen LogP contribution < -0.4 is 5.76 Å². The van der Waals surface area contributed by atoms with Crippen LogP contribution in [0.15, 0.2) is 39.5 Å². The number of rotatable bonds is 4. The first-order chi connectivity index (χ1) is 10.1. The molecule has 1 aromatic carbocycles. The van der Waals surface area contributed by atoms with Crippen LogP contribution in [0.5, 0.6) is 0 Å². The quantitative estimate of drug-likeness (QED) is 0.626. The molecule has 5 heteroatoms. The van der Waals surface area contributed by atoms with Crippen molar-refractivity contribution < 1.29 is 4.42 Å². The maximum atomic E-state index is 11.7. The van der Waals surface area contributed by atoms with Crippen molar-refractivity contribution in [1.82, 2.24) is 4.57 Å². The van der Waals surface area contributed by atoms with Crippen molar-refractivity contribution in [2.45, 2.75) is 31.6 Å². The van der Waals surface area contributed by atoms with Gasteiger partial charge in [-0.15, -0.1) is 11.3 Å². The van der Waals surface area contributed by atoms with Crippen molar-refractivity contribution in [3.63, 3.8) is 0 Å². The number of nitrogens with zero attached hydrogens (tertiary/aromatic N) is 1. The molecule has 110 valence electrons. The summed E-state index contributed by atoms with van der Waals surface area (Å²) >= 11 is 5.56. The molecule has 0 saturated heterocycles. The average Bonchev–Trinajstić information content (AvgIpc) is 3.08. The molecule has 0 aliphatic rings. The zero-order valence-corrected chi connectivity index (χ0v) is 14.3. The van der Waals surface area contributed by atoms with Gasteiger partial charge in [0.05, 0.1) is 10.3 Å². The lowest BCUT2D eigenvalue weighted by atomic mass is 10.1. The molecule has 1 unspecified atom stereocenters. The number of alkyl halides is 1. The molecule has 0 spiro atoms. The summed E-state index contributed by atoms with van der Waals surface area (Å²) in [5.41, 5.74) is 2.60. The first-order valence-electron chi connectivity index (χ1n) is 7.00. The van der Waals surface area contributed by atoms with Crippen molar-refractivity contribution in [1.29, 1.82) is 0 Å². The van der Waals surface area contributed by atoms with E-state index in [0.717, 1.165) is 17.5 Å². The monoisotopic (exact) mass is 365 g/mol. The summed E-state index contributed by atoms with van der Waals surface area (Å²) in [5, 5.41) is 0. The molecule has 0 N–H and O–H groups in total. The van der Waals surface area contributed by atoms with E-state index in [-0.39, 0.29) is 10.6 Å². The van der Waals surface area contributed by atoms with Gasteiger partial charge in [0.1, 0.15) is 0 Å². The third kappa shape index (κ3) is 2.60. The van der Waals surface area contributed by atoms with Gasteiger partial charge in [-0.25, -0.2) is 4.79 Å². The molecule has 0 fully saturated rings. The Kier molecular flexibility index (Phi) is 4.04. The number of benzene rings is 1. The van der Waals surface area contributed by atoms with E-state index in [2.05, 4.69) is 35.0 Å². The molecule has 2 heterocycles. The second-order valence-electron chi connectivity index (χ2n) is 4.86. The van der Waals surface area contributed by atoms with Gasteiger partial charge in [-0.1, -0.05) is 28.9 Å². The van der Waals surface area contributed by atoms with Gasteiger partial charge in [0.15, 0.2) is 5.58 Å². The fraction of sp³-hybridized carbons (Fsp3) is 0.312. The van der Waals surface area contributed by atoms with E-state index >= 15 is 0 Å². The van der Waals surface area contributed by atoms with E-state index in [1.807, 2.05) is 36.5 Å². The van der Waals surface area contributed by atoms with Crippen molar-refractivity contribution in [3.05, 3.63) is 56.2 Å². The topological polar surface area (TPSA) is 35.1 Å². The molecule has 0 radical (unpaired) electrons. The molecule has 3 nitrogen and oxygen atoms in total. The summed E-state index contributed by atoms with van der Waals surface area (Å²) in [6, 6.07) is 10.3. The highest BCUT2D eigenvalue weighted by molar-refractivity contribution is 9.09. The Labute approximate surface area is 135 Å².